The Morgan fingerprint density at radius 1 is 1.14 bits per heavy atom. The number of aryl methyl sites for hydroxylation is 1. The summed E-state index contributed by atoms with van der Waals surface area (Å²) >= 11 is 2.18. The molecule has 0 atom stereocenters. The first kappa shape index (κ1) is 14.0. The van der Waals surface area contributed by atoms with Crippen LogP contribution in [0.4, 0.5) is 10.1 Å². The lowest BCUT2D eigenvalue weighted by atomic mass is 10.1. The Balaban J connectivity index is 2.08. The molecule has 4 nitrogen and oxygen atoms in total. The lowest BCUT2D eigenvalue weighted by molar-refractivity contribution is 0.432. The number of anilines is 1. The van der Waals surface area contributed by atoms with Crippen molar-refractivity contribution in [3.63, 3.8) is 0 Å². The van der Waals surface area contributed by atoms with Gasteiger partial charge in [-0.25, -0.2) is 4.39 Å². The molecule has 0 aliphatic rings. The van der Waals surface area contributed by atoms with E-state index in [1.165, 1.54) is 12.1 Å². The molecule has 0 radical (unpaired) electrons. The second-order valence-corrected chi connectivity index (χ2v) is 5.86. The Labute approximate surface area is 134 Å². The van der Waals surface area contributed by atoms with E-state index >= 15 is 0 Å². The van der Waals surface area contributed by atoms with Gasteiger partial charge in [-0.15, -0.1) is 0 Å². The second-order valence-electron chi connectivity index (χ2n) is 4.61. The number of rotatable bonds is 2. The van der Waals surface area contributed by atoms with Crippen LogP contribution in [-0.2, 0) is 0 Å². The van der Waals surface area contributed by atoms with Crippen LogP contribution in [0, 0.1) is 16.3 Å². The molecule has 1 heterocycles. The van der Waals surface area contributed by atoms with E-state index < -0.39 is 0 Å². The fourth-order valence-corrected chi connectivity index (χ4v) is 2.48. The maximum absolute atomic E-state index is 13.4. The van der Waals surface area contributed by atoms with Crippen molar-refractivity contribution in [2.75, 3.05) is 5.73 Å². The summed E-state index contributed by atoms with van der Waals surface area (Å²) in [5, 5.41) is 3.92. The molecule has 0 unspecified atom stereocenters. The summed E-state index contributed by atoms with van der Waals surface area (Å²) in [7, 11) is 0. The summed E-state index contributed by atoms with van der Waals surface area (Å²) in [6, 6.07) is 10.0. The van der Waals surface area contributed by atoms with Crippen molar-refractivity contribution < 1.29 is 8.91 Å². The van der Waals surface area contributed by atoms with Crippen molar-refractivity contribution in [3.05, 3.63) is 51.3 Å². The van der Waals surface area contributed by atoms with Gasteiger partial charge in [0.25, 0.3) is 5.89 Å². The first-order valence-electron chi connectivity index (χ1n) is 6.20. The molecule has 3 rings (SSSR count). The zero-order chi connectivity index (χ0) is 15.0. The Bertz CT molecular complexity index is 750. The van der Waals surface area contributed by atoms with E-state index in [0.29, 0.717) is 28.5 Å². The third-order valence-electron chi connectivity index (χ3n) is 3.11. The molecule has 0 aliphatic heterocycles. The van der Waals surface area contributed by atoms with E-state index in [4.69, 9.17) is 10.3 Å². The molecule has 0 amide bonds. The van der Waals surface area contributed by atoms with E-state index in [-0.39, 0.29) is 5.82 Å². The molecule has 0 spiro atoms. The van der Waals surface area contributed by atoms with Gasteiger partial charge in [0.15, 0.2) is 0 Å². The summed E-state index contributed by atoms with van der Waals surface area (Å²) in [6.45, 7) is 1.87. The molecule has 2 N–H and O–H groups in total. The summed E-state index contributed by atoms with van der Waals surface area (Å²) in [5.74, 6) is 0.334. The number of nitrogens with zero attached hydrogens (tertiary/aromatic N) is 2. The summed E-state index contributed by atoms with van der Waals surface area (Å²) < 4.78 is 19.7. The zero-order valence-corrected chi connectivity index (χ0v) is 13.3. The van der Waals surface area contributed by atoms with E-state index in [9.17, 15) is 4.39 Å². The number of nitrogens with two attached hydrogens (primary N) is 1. The van der Waals surface area contributed by atoms with Crippen molar-refractivity contribution in [1.82, 2.24) is 10.1 Å². The number of aromatic nitrogens is 2. The first-order valence-corrected chi connectivity index (χ1v) is 7.28. The molecule has 0 aliphatic carbocycles. The maximum atomic E-state index is 13.4. The maximum Gasteiger partial charge on any atom is 0.260 e. The van der Waals surface area contributed by atoms with Crippen LogP contribution >= 0.6 is 22.6 Å². The van der Waals surface area contributed by atoms with E-state index in [0.717, 1.165) is 9.13 Å². The molecule has 0 bridgehead atoms. The average molecular weight is 395 g/mol. The molecule has 106 valence electrons. The average Bonchev–Trinajstić information content (AvgIpc) is 2.93. The number of nitrogen functional groups attached to an aromatic ring is 1. The van der Waals surface area contributed by atoms with Gasteiger partial charge in [-0.05, 0) is 65.4 Å². The van der Waals surface area contributed by atoms with Crippen molar-refractivity contribution in [2.45, 2.75) is 6.92 Å². The topological polar surface area (TPSA) is 64.9 Å². The molecular formula is C15H11FIN3O. The highest BCUT2D eigenvalue weighted by Gasteiger charge is 2.15. The SMILES string of the molecule is Cc1ccc(F)cc1-c1noc(-c2cc(I)ccc2N)n1. The molecule has 0 fully saturated rings. The highest BCUT2D eigenvalue weighted by molar-refractivity contribution is 14.1. The fourth-order valence-electron chi connectivity index (χ4n) is 1.99. The standard InChI is InChI=1S/C15H11FIN3O/c1-8-2-3-9(16)6-11(8)14-19-15(21-20-14)12-7-10(17)4-5-13(12)18/h2-7H,18H2,1H3. The van der Waals surface area contributed by atoms with Gasteiger partial charge in [-0.2, -0.15) is 4.98 Å². The van der Waals surface area contributed by atoms with Crippen molar-refractivity contribution in [1.29, 1.82) is 0 Å². The summed E-state index contributed by atoms with van der Waals surface area (Å²) in [5.41, 5.74) is 8.65. The fraction of sp³-hybridized carbons (Fsp3) is 0.0667. The van der Waals surface area contributed by atoms with E-state index in [1.54, 1.807) is 12.1 Å². The van der Waals surface area contributed by atoms with Crippen LogP contribution in [0.5, 0.6) is 0 Å². The minimum Gasteiger partial charge on any atom is -0.398 e. The quantitative estimate of drug-likeness (QED) is 0.526. The van der Waals surface area contributed by atoms with Crippen molar-refractivity contribution >= 4 is 28.3 Å². The molecule has 6 heteroatoms. The number of hydrogen-bond acceptors (Lipinski definition) is 4. The largest absolute Gasteiger partial charge is 0.398 e. The zero-order valence-electron chi connectivity index (χ0n) is 11.1. The van der Waals surface area contributed by atoms with Crippen molar-refractivity contribution in [3.8, 4) is 22.8 Å². The molecule has 2 aromatic carbocycles. The van der Waals surface area contributed by atoms with Crippen LogP contribution in [0.2, 0.25) is 0 Å². The van der Waals surface area contributed by atoms with Crippen LogP contribution in [0.25, 0.3) is 22.8 Å². The van der Waals surface area contributed by atoms with Crippen LogP contribution in [0.1, 0.15) is 5.56 Å². The Kier molecular flexibility index (Phi) is 3.62. The van der Waals surface area contributed by atoms with Gasteiger partial charge in [0.2, 0.25) is 5.82 Å². The lowest BCUT2D eigenvalue weighted by Crippen LogP contribution is -1.91. The van der Waals surface area contributed by atoms with Gasteiger partial charge in [-0.1, -0.05) is 11.2 Å². The third kappa shape index (κ3) is 2.76. The molecule has 1 aromatic heterocycles. The second kappa shape index (κ2) is 5.44. The molecule has 0 saturated heterocycles. The minimum absolute atomic E-state index is 0.324. The van der Waals surface area contributed by atoms with E-state index in [1.807, 2.05) is 19.1 Å². The van der Waals surface area contributed by atoms with Gasteiger partial charge in [0, 0.05) is 14.8 Å². The summed E-state index contributed by atoms with van der Waals surface area (Å²) in [4.78, 5) is 4.33. The predicted molar refractivity (Wildman–Crippen MR) is 87.0 cm³/mol. The van der Waals surface area contributed by atoms with Gasteiger partial charge in [0.05, 0.1) is 5.56 Å². The minimum atomic E-state index is -0.337. The monoisotopic (exact) mass is 395 g/mol. The first-order chi connectivity index (χ1) is 10.0. The number of benzene rings is 2. The lowest BCUT2D eigenvalue weighted by Gasteiger charge is -2.01. The van der Waals surface area contributed by atoms with E-state index in [2.05, 4.69) is 32.7 Å². The number of hydrogen-bond donors (Lipinski definition) is 1. The van der Waals surface area contributed by atoms with Crippen molar-refractivity contribution in [2.24, 2.45) is 0 Å². The van der Waals surface area contributed by atoms with Gasteiger partial charge < -0.3 is 10.3 Å². The highest BCUT2D eigenvalue weighted by Crippen LogP contribution is 2.29. The Hall–Kier alpha value is -1.96. The van der Waals surface area contributed by atoms with Gasteiger partial charge in [0.1, 0.15) is 5.82 Å². The molecule has 21 heavy (non-hydrogen) atoms. The highest BCUT2D eigenvalue weighted by atomic mass is 127. The molecule has 3 aromatic rings. The van der Waals surface area contributed by atoms with Crippen LogP contribution in [0.3, 0.4) is 0 Å². The molecular weight excluding hydrogens is 384 g/mol. The molecule has 0 saturated carbocycles. The van der Waals surface area contributed by atoms with Crippen LogP contribution in [0.15, 0.2) is 40.9 Å². The van der Waals surface area contributed by atoms with Gasteiger partial charge >= 0.3 is 0 Å². The summed E-state index contributed by atoms with van der Waals surface area (Å²) in [6.07, 6.45) is 0. The smallest absolute Gasteiger partial charge is 0.260 e. The normalized spacial score (nSPS) is 10.8. The predicted octanol–water partition coefficient (Wildman–Crippen LogP) is 4.04. The third-order valence-corrected chi connectivity index (χ3v) is 3.78. The van der Waals surface area contributed by atoms with Crippen LogP contribution in [-0.4, -0.2) is 10.1 Å². The van der Waals surface area contributed by atoms with Gasteiger partial charge in [-0.3, -0.25) is 0 Å². The Morgan fingerprint density at radius 3 is 2.76 bits per heavy atom. The number of halogens is 2. The Morgan fingerprint density at radius 2 is 1.95 bits per heavy atom. The van der Waals surface area contributed by atoms with Crippen LogP contribution < -0.4 is 5.73 Å².